The highest BCUT2D eigenvalue weighted by molar-refractivity contribution is 6.09. The van der Waals surface area contributed by atoms with Crippen molar-refractivity contribution in [2.75, 3.05) is 0 Å². The van der Waals surface area contributed by atoms with E-state index in [0.29, 0.717) is 0 Å². The zero-order valence-electron chi connectivity index (χ0n) is 10.9. The number of fused-ring (bicyclic) bond motifs is 6. The third-order valence-electron chi connectivity index (χ3n) is 3.79. The summed E-state index contributed by atoms with van der Waals surface area (Å²) in [6, 6.07) is 12.4. The molecule has 0 radical (unpaired) electrons. The predicted octanol–water partition coefficient (Wildman–Crippen LogP) is 3.65. The van der Waals surface area contributed by atoms with Gasteiger partial charge in [0.2, 0.25) is 0 Å². The molecule has 0 aliphatic carbocycles. The number of hydrogen-bond donors (Lipinski definition) is 0. The number of benzene rings is 1. The standard InChI is InChI=1S/C16H13N3/c1-10-11(2)19-14-8-5-9-17-15(14)12-6-3-4-7-13(12)16(19)18-10/h3-9H,1-2H3. The van der Waals surface area contributed by atoms with Gasteiger partial charge < -0.3 is 0 Å². The van der Waals surface area contributed by atoms with Crippen LogP contribution in [0.25, 0.3) is 27.5 Å². The van der Waals surface area contributed by atoms with Crippen molar-refractivity contribution in [2.45, 2.75) is 13.8 Å². The highest BCUT2D eigenvalue weighted by Crippen LogP contribution is 2.29. The Labute approximate surface area is 110 Å². The zero-order valence-corrected chi connectivity index (χ0v) is 10.9. The van der Waals surface area contributed by atoms with Crippen molar-refractivity contribution in [1.82, 2.24) is 14.4 Å². The molecule has 92 valence electrons. The first-order chi connectivity index (χ1) is 9.27. The third-order valence-corrected chi connectivity index (χ3v) is 3.79. The van der Waals surface area contributed by atoms with Crippen LogP contribution in [0.2, 0.25) is 0 Å². The van der Waals surface area contributed by atoms with E-state index in [9.17, 15) is 0 Å². The zero-order chi connectivity index (χ0) is 13.0. The van der Waals surface area contributed by atoms with E-state index in [0.717, 1.165) is 33.1 Å². The molecule has 0 saturated heterocycles. The van der Waals surface area contributed by atoms with Gasteiger partial charge >= 0.3 is 0 Å². The summed E-state index contributed by atoms with van der Waals surface area (Å²) in [4.78, 5) is 9.29. The van der Waals surface area contributed by atoms with Gasteiger partial charge in [0, 0.05) is 22.7 Å². The van der Waals surface area contributed by atoms with E-state index in [1.165, 1.54) is 5.69 Å². The van der Waals surface area contributed by atoms with Gasteiger partial charge in [0.1, 0.15) is 5.65 Å². The maximum atomic E-state index is 4.73. The van der Waals surface area contributed by atoms with Gasteiger partial charge in [-0.15, -0.1) is 0 Å². The van der Waals surface area contributed by atoms with Gasteiger partial charge in [0.05, 0.1) is 16.7 Å². The van der Waals surface area contributed by atoms with Gasteiger partial charge in [-0.2, -0.15) is 0 Å². The van der Waals surface area contributed by atoms with Crippen LogP contribution in [-0.4, -0.2) is 14.4 Å². The minimum atomic E-state index is 1.02. The second-order valence-electron chi connectivity index (χ2n) is 4.86. The molecule has 0 spiro atoms. The normalized spacial score (nSPS) is 11.7. The molecule has 0 atom stereocenters. The SMILES string of the molecule is Cc1nc2c3ccccc3c3ncccc3n2c1C. The van der Waals surface area contributed by atoms with Crippen molar-refractivity contribution in [3.05, 3.63) is 54.0 Å². The molecule has 0 saturated carbocycles. The van der Waals surface area contributed by atoms with Crippen molar-refractivity contribution in [2.24, 2.45) is 0 Å². The quantitative estimate of drug-likeness (QED) is 0.444. The molecule has 1 aromatic carbocycles. The third kappa shape index (κ3) is 1.27. The lowest BCUT2D eigenvalue weighted by Gasteiger charge is -2.08. The van der Waals surface area contributed by atoms with E-state index in [2.05, 4.69) is 53.6 Å². The minimum absolute atomic E-state index is 1.02. The number of rotatable bonds is 0. The van der Waals surface area contributed by atoms with Crippen molar-refractivity contribution in [1.29, 1.82) is 0 Å². The Morgan fingerprint density at radius 1 is 0.947 bits per heavy atom. The number of pyridine rings is 2. The van der Waals surface area contributed by atoms with Crippen LogP contribution < -0.4 is 0 Å². The number of aromatic nitrogens is 3. The topological polar surface area (TPSA) is 30.2 Å². The van der Waals surface area contributed by atoms with Crippen LogP contribution in [0.4, 0.5) is 0 Å². The fourth-order valence-corrected chi connectivity index (χ4v) is 2.76. The predicted molar refractivity (Wildman–Crippen MR) is 77.5 cm³/mol. The minimum Gasteiger partial charge on any atom is -0.295 e. The lowest BCUT2D eigenvalue weighted by atomic mass is 10.1. The van der Waals surface area contributed by atoms with Crippen molar-refractivity contribution in [3.8, 4) is 0 Å². The summed E-state index contributed by atoms with van der Waals surface area (Å²) in [5.74, 6) is 0. The average molecular weight is 247 g/mol. The van der Waals surface area contributed by atoms with Crippen LogP contribution in [0, 0.1) is 13.8 Å². The molecule has 0 unspecified atom stereocenters. The van der Waals surface area contributed by atoms with Gasteiger partial charge in [0.25, 0.3) is 0 Å². The van der Waals surface area contributed by atoms with Crippen LogP contribution in [0.15, 0.2) is 42.6 Å². The smallest absolute Gasteiger partial charge is 0.145 e. The molecule has 0 aliphatic rings. The van der Waals surface area contributed by atoms with Gasteiger partial charge in [-0.3, -0.25) is 9.38 Å². The van der Waals surface area contributed by atoms with Gasteiger partial charge in [-0.25, -0.2) is 4.98 Å². The molecule has 3 heterocycles. The second kappa shape index (κ2) is 3.54. The number of imidazole rings is 1. The van der Waals surface area contributed by atoms with E-state index < -0.39 is 0 Å². The van der Waals surface area contributed by atoms with E-state index in [-0.39, 0.29) is 0 Å². The summed E-state index contributed by atoms with van der Waals surface area (Å²) in [5.41, 5.74) is 5.42. The van der Waals surface area contributed by atoms with Gasteiger partial charge in [-0.05, 0) is 26.0 Å². The molecule has 0 bridgehead atoms. The van der Waals surface area contributed by atoms with Crippen LogP contribution in [0.1, 0.15) is 11.4 Å². The van der Waals surface area contributed by atoms with E-state index >= 15 is 0 Å². The Balaban J connectivity index is 2.47. The molecule has 19 heavy (non-hydrogen) atoms. The fraction of sp³-hybridized carbons (Fsp3) is 0.125. The molecule has 0 fully saturated rings. The molecule has 3 aromatic heterocycles. The molecule has 0 amide bonds. The van der Waals surface area contributed by atoms with Gasteiger partial charge in [-0.1, -0.05) is 24.3 Å². The Hall–Kier alpha value is -2.42. The summed E-state index contributed by atoms with van der Waals surface area (Å²) in [6.45, 7) is 4.16. The number of aryl methyl sites for hydroxylation is 2. The summed E-state index contributed by atoms with van der Waals surface area (Å²) in [7, 11) is 0. The first-order valence-electron chi connectivity index (χ1n) is 6.38. The van der Waals surface area contributed by atoms with E-state index in [1.54, 1.807) is 0 Å². The van der Waals surface area contributed by atoms with Crippen LogP contribution in [0.5, 0.6) is 0 Å². The Kier molecular flexibility index (Phi) is 1.96. The maximum absolute atomic E-state index is 4.73. The summed E-state index contributed by atoms with van der Waals surface area (Å²) >= 11 is 0. The largest absolute Gasteiger partial charge is 0.295 e. The molecule has 3 nitrogen and oxygen atoms in total. The summed E-state index contributed by atoms with van der Waals surface area (Å²) in [6.07, 6.45) is 1.85. The highest BCUT2D eigenvalue weighted by atomic mass is 15.0. The molecular weight excluding hydrogens is 234 g/mol. The van der Waals surface area contributed by atoms with Crippen molar-refractivity contribution >= 4 is 27.5 Å². The first-order valence-corrected chi connectivity index (χ1v) is 6.38. The average Bonchev–Trinajstić information content (AvgIpc) is 2.76. The van der Waals surface area contributed by atoms with Crippen molar-refractivity contribution in [3.63, 3.8) is 0 Å². The van der Waals surface area contributed by atoms with Crippen molar-refractivity contribution < 1.29 is 0 Å². The molecule has 3 heteroatoms. The van der Waals surface area contributed by atoms with Crippen LogP contribution in [-0.2, 0) is 0 Å². The summed E-state index contributed by atoms with van der Waals surface area (Å²) in [5, 5.41) is 2.32. The highest BCUT2D eigenvalue weighted by Gasteiger charge is 2.13. The number of hydrogen-bond acceptors (Lipinski definition) is 2. The molecule has 0 N–H and O–H groups in total. The van der Waals surface area contributed by atoms with Crippen LogP contribution in [0.3, 0.4) is 0 Å². The Morgan fingerprint density at radius 2 is 1.74 bits per heavy atom. The van der Waals surface area contributed by atoms with Crippen LogP contribution >= 0.6 is 0 Å². The number of nitrogens with zero attached hydrogens (tertiary/aromatic N) is 3. The monoisotopic (exact) mass is 247 g/mol. The first kappa shape index (κ1) is 10.5. The summed E-state index contributed by atoms with van der Waals surface area (Å²) < 4.78 is 2.21. The molecular formula is C16H13N3. The molecule has 0 aliphatic heterocycles. The van der Waals surface area contributed by atoms with E-state index in [4.69, 9.17) is 4.98 Å². The second-order valence-corrected chi connectivity index (χ2v) is 4.86. The fourth-order valence-electron chi connectivity index (χ4n) is 2.76. The van der Waals surface area contributed by atoms with Gasteiger partial charge in [0.15, 0.2) is 0 Å². The lowest BCUT2D eigenvalue weighted by Crippen LogP contribution is -1.94. The molecule has 4 aromatic rings. The Morgan fingerprint density at radius 3 is 2.58 bits per heavy atom. The lowest BCUT2D eigenvalue weighted by molar-refractivity contribution is 1.14. The maximum Gasteiger partial charge on any atom is 0.145 e. The Bertz CT molecular complexity index is 935. The van der Waals surface area contributed by atoms with E-state index in [1.807, 2.05) is 12.3 Å². The molecule has 4 rings (SSSR count).